The molecule has 0 saturated carbocycles. The first-order chi connectivity index (χ1) is 7.47. The van der Waals surface area contributed by atoms with E-state index in [0.29, 0.717) is 10.6 Å². The van der Waals surface area contributed by atoms with Gasteiger partial charge in [-0.1, -0.05) is 11.6 Å². The minimum Gasteiger partial charge on any atom is -0.395 e. The zero-order chi connectivity index (χ0) is 12.3. The lowest BCUT2D eigenvalue weighted by Crippen LogP contribution is -2.40. The number of aliphatic hydroxyl groups is 1. The van der Waals surface area contributed by atoms with Gasteiger partial charge in [-0.2, -0.15) is 0 Å². The summed E-state index contributed by atoms with van der Waals surface area (Å²) in [4.78, 5) is 1.76. The van der Waals surface area contributed by atoms with Crippen LogP contribution in [0.5, 0.6) is 0 Å². The van der Waals surface area contributed by atoms with E-state index in [1.807, 2.05) is 0 Å². The quantitative estimate of drug-likeness (QED) is 0.845. The summed E-state index contributed by atoms with van der Waals surface area (Å²) in [7, 11) is 3.56. The number of likely N-dealkylation sites (N-methyl/N-ethyl adjacent to an activating group) is 1. The number of halogens is 2. The van der Waals surface area contributed by atoms with E-state index >= 15 is 0 Å². The molecule has 2 unspecified atom stereocenters. The highest BCUT2D eigenvalue weighted by Crippen LogP contribution is 2.26. The second kappa shape index (κ2) is 5.59. The Bertz CT molecular complexity index is 360. The molecule has 3 N–H and O–H groups in total. The Morgan fingerprint density at radius 2 is 2.12 bits per heavy atom. The van der Waals surface area contributed by atoms with Crippen molar-refractivity contribution < 1.29 is 9.50 Å². The molecule has 0 amide bonds. The van der Waals surface area contributed by atoms with Crippen LogP contribution in [0, 0.1) is 5.82 Å². The maximum Gasteiger partial charge on any atom is 0.128 e. The molecule has 2 atom stereocenters. The Morgan fingerprint density at radius 1 is 1.50 bits per heavy atom. The molecule has 0 bridgehead atoms. The van der Waals surface area contributed by atoms with Gasteiger partial charge in [-0.05, 0) is 32.3 Å². The van der Waals surface area contributed by atoms with Gasteiger partial charge >= 0.3 is 0 Å². The summed E-state index contributed by atoms with van der Waals surface area (Å²) in [6.45, 7) is -0.213. The predicted molar refractivity (Wildman–Crippen MR) is 62.9 cm³/mol. The van der Waals surface area contributed by atoms with Crippen molar-refractivity contribution in [2.24, 2.45) is 5.73 Å². The molecule has 5 heteroatoms. The average molecular weight is 247 g/mol. The molecule has 0 aliphatic heterocycles. The Balaban J connectivity index is 3.15. The fraction of sp³-hybridized carbons (Fsp3) is 0.455. The van der Waals surface area contributed by atoms with Crippen LogP contribution >= 0.6 is 11.6 Å². The highest BCUT2D eigenvalue weighted by molar-refractivity contribution is 6.30. The Morgan fingerprint density at radius 3 is 2.62 bits per heavy atom. The summed E-state index contributed by atoms with van der Waals surface area (Å²) < 4.78 is 13.7. The lowest BCUT2D eigenvalue weighted by molar-refractivity contribution is 0.178. The van der Waals surface area contributed by atoms with Gasteiger partial charge in [-0.25, -0.2) is 4.39 Å². The monoisotopic (exact) mass is 246 g/mol. The Labute approximate surface area is 99.6 Å². The summed E-state index contributed by atoms with van der Waals surface area (Å²) in [6, 6.07) is 3.37. The molecule has 0 fully saturated rings. The standard InChI is InChI=1S/C11H16ClFN2O/c1-15(2)11(10(14)6-16)8-5-7(12)3-4-9(8)13/h3-5,10-11,16H,6,14H2,1-2H3. The van der Waals surface area contributed by atoms with Crippen LogP contribution in [-0.2, 0) is 0 Å². The third-order valence-corrected chi connectivity index (χ3v) is 2.68. The van der Waals surface area contributed by atoms with E-state index in [4.69, 9.17) is 22.4 Å². The highest BCUT2D eigenvalue weighted by Gasteiger charge is 2.24. The molecule has 3 nitrogen and oxygen atoms in total. The van der Waals surface area contributed by atoms with Gasteiger partial charge in [0.15, 0.2) is 0 Å². The van der Waals surface area contributed by atoms with Crippen molar-refractivity contribution in [3.05, 3.63) is 34.6 Å². The van der Waals surface area contributed by atoms with E-state index in [1.165, 1.54) is 18.2 Å². The number of rotatable bonds is 4. The second-order valence-corrected chi connectivity index (χ2v) is 4.36. The molecule has 1 rings (SSSR count). The van der Waals surface area contributed by atoms with Crippen LogP contribution in [0.25, 0.3) is 0 Å². The van der Waals surface area contributed by atoms with Crippen molar-refractivity contribution in [2.75, 3.05) is 20.7 Å². The van der Waals surface area contributed by atoms with Crippen molar-refractivity contribution >= 4 is 11.6 Å². The van der Waals surface area contributed by atoms with E-state index < -0.39 is 12.1 Å². The van der Waals surface area contributed by atoms with Crippen LogP contribution in [0.2, 0.25) is 5.02 Å². The van der Waals surface area contributed by atoms with E-state index in [1.54, 1.807) is 19.0 Å². The fourth-order valence-electron chi connectivity index (χ4n) is 1.73. The van der Waals surface area contributed by atoms with Crippen LogP contribution in [0.3, 0.4) is 0 Å². The van der Waals surface area contributed by atoms with Crippen molar-refractivity contribution in [3.63, 3.8) is 0 Å². The molecular weight excluding hydrogens is 231 g/mol. The van der Waals surface area contributed by atoms with Crippen LogP contribution in [0.15, 0.2) is 18.2 Å². The zero-order valence-electron chi connectivity index (χ0n) is 9.32. The van der Waals surface area contributed by atoms with Crippen LogP contribution < -0.4 is 5.73 Å². The van der Waals surface area contributed by atoms with Crippen molar-refractivity contribution in [1.29, 1.82) is 0 Å². The number of nitrogens with zero attached hydrogens (tertiary/aromatic N) is 1. The van der Waals surface area contributed by atoms with Crippen LogP contribution in [0.4, 0.5) is 4.39 Å². The topological polar surface area (TPSA) is 49.5 Å². The van der Waals surface area contributed by atoms with Gasteiger partial charge in [0.05, 0.1) is 12.6 Å². The van der Waals surface area contributed by atoms with Gasteiger partial charge in [0.2, 0.25) is 0 Å². The van der Waals surface area contributed by atoms with Crippen LogP contribution in [-0.4, -0.2) is 36.8 Å². The van der Waals surface area contributed by atoms with Crippen molar-refractivity contribution in [1.82, 2.24) is 4.90 Å². The van der Waals surface area contributed by atoms with Gasteiger partial charge in [0.1, 0.15) is 5.82 Å². The predicted octanol–water partition coefficient (Wildman–Crippen LogP) is 1.40. The van der Waals surface area contributed by atoms with Gasteiger partial charge in [0.25, 0.3) is 0 Å². The minimum atomic E-state index is -0.553. The number of hydrogen-bond donors (Lipinski definition) is 2. The summed E-state index contributed by atoms with van der Waals surface area (Å²) in [5.41, 5.74) is 6.17. The molecule has 16 heavy (non-hydrogen) atoms. The molecule has 0 aliphatic carbocycles. The maximum atomic E-state index is 13.7. The van der Waals surface area contributed by atoms with Crippen molar-refractivity contribution in [2.45, 2.75) is 12.1 Å². The van der Waals surface area contributed by atoms with E-state index in [0.717, 1.165) is 0 Å². The largest absolute Gasteiger partial charge is 0.395 e. The van der Waals surface area contributed by atoms with Crippen LogP contribution in [0.1, 0.15) is 11.6 Å². The van der Waals surface area contributed by atoms with Gasteiger partial charge < -0.3 is 15.7 Å². The van der Waals surface area contributed by atoms with E-state index in [9.17, 15) is 4.39 Å². The fourth-order valence-corrected chi connectivity index (χ4v) is 1.91. The first-order valence-corrected chi connectivity index (χ1v) is 5.33. The number of benzene rings is 1. The second-order valence-electron chi connectivity index (χ2n) is 3.92. The first-order valence-electron chi connectivity index (χ1n) is 4.95. The molecule has 0 aromatic heterocycles. The molecule has 90 valence electrons. The Hall–Kier alpha value is -0.680. The smallest absolute Gasteiger partial charge is 0.128 e. The molecule has 0 aliphatic rings. The third kappa shape index (κ3) is 2.92. The van der Waals surface area contributed by atoms with Gasteiger partial charge in [-0.15, -0.1) is 0 Å². The molecule has 1 aromatic carbocycles. The Kier molecular flexibility index (Phi) is 4.68. The van der Waals surface area contributed by atoms with Crippen molar-refractivity contribution in [3.8, 4) is 0 Å². The maximum absolute atomic E-state index is 13.7. The molecule has 0 heterocycles. The number of nitrogens with two attached hydrogens (primary N) is 1. The van der Waals surface area contributed by atoms with E-state index in [2.05, 4.69) is 0 Å². The van der Waals surface area contributed by atoms with Gasteiger partial charge in [0, 0.05) is 16.6 Å². The lowest BCUT2D eigenvalue weighted by atomic mass is 9.99. The summed E-state index contributed by atoms with van der Waals surface area (Å²) in [5, 5.41) is 9.52. The zero-order valence-corrected chi connectivity index (χ0v) is 10.1. The molecule has 0 saturated heterocycles. The average Bonchev–Trinajstić information content (AvgIpc) is 2.22. The normalized spacial score (nSPS) is 15.2. The summed E-state index contributed by atoms with van der Waals surface area (Å²) in [6.07, 6.45) is 0. The number of aliphatic hydroxyl groups excluding tert-OH is 1. The first kappa shape index (κ1) is 13.4. The SMILES string of the molecule is CN(C)C(c1cc(Cl)ccc1F)C(N)CO. The molecule has 1 aromatic rings. The highest BCUT2D eigenvalue weighted by atomic mass is 35.5. The summed E-state index contributed by atoms with van der Waals surface area (Å²) in [5.74, 6) is -0.369. The lowest BCUT2D eigenvalue weighted by Gasteiger charge is -2.29. The summed E-state index contributed by atoms with van der Waals surface area (Å²) >= 11 is 5.82. The number of hydrogen-bond acceptors (Lipinski definition) is 3. The molecular formula is C11H16ClFN2O. The van der Waals surface area contributed by atoms with E-state index in [-0.39, 0.29) is 12.4 Å². The molecule has 0 radical (unpaired) electrons. The minimum absolute atomic E-state index is 0.213. The van der Waals surface area contributed by atoms with Gasteiger partial charge in [-0.3, -0.25) is 0 Å². The third-order valence-electron chi connectivity index (χ3n) is 2.45. The molecule has 0 spiro atoms.